The Morgan fingerprint density at radius 3 is 2.50 bits per heavy atom. The van der Waals surface area contributed by atoms with Crippen LogP contribution in [0, 0.1) is 0 Å². The van der Waals surface area contributed by atoms with Gasteiger partial charge in [0.15, 0.2) is 0 Å². The van der Waals surface area contributed by atoms with Crippen LogP contribution in [0.5, 0.6) is 0 Å². The van der Waals surface area contributed by atoms with E-state index in [9.17, 15) is 9.90 Å². The average molecular weight is 171 g/mol. The van der Waals surface area contributed by atoms with Crippen molar-refractivity contribution in [3.63, 3.8) is 0 Å². The monoisotopic (exact) mass is 171 g/mol. The molecule has 1 amide bonds. The van der Waals surface area contributed by atoms with E-state index in [-0.39, 0.29) is 11.7 Å². The molecule has 0 aromatic heterocycles. The minimum absolute atomic E-state index is 0.163. The van der Waals surface area contributed by atoms with E-state index in [2.05, 4.69) is 0 Å². The van der Waals surface area contributed by atoms with Gasteiger partial charge in [-0.25, -0.2) is 0 Å². The van der Waals surface area contributed by atoms with Gasteiger partial charge < -0.3 is 10.0 Å². The summed E-state index contributed by atoms with van der Waals surface area (Å²) in [5.41, 5.74) is 0. The first-order valence-corrected chi connectivity index (χ1v) is 4.18. The van der Waals surface area contributed by atoms with Gasteiger partial charge in [0.25, 0.3) is 0 Å². The Hall–Kier alpha value is -0.990. The standard InChI is InChI=1S/C9H17NO2/c1-4-5-6-8(11)7-9(12)10(2)3/h7,11H,4-6H2,1-3H3/b8-7-. The van der Waals surface area contributed by atoms with Gasteiger partial charge in [-0.1, -0.05) is 13.3 Å². The van der Waals surface area contributed by atoms with Crippen LogP contribution < -0.4 is 0 Å². The maximum atomic E-state index is 11.0. The quantitative estimate of drug-likeness (QED) is 0.516. The molecule has 0 fully saturated rings. The van der Waals surface area contributed by atoms with Gasteiger partial charge in [-0.2, -0.15) is 0 Å². The summed E-state index contributed by atoms with van der Waals surface area (Å²) in [7, 11) is 3.32. The molecule has 0 aliphatic heterocycles. The summed E-state index contributed by atoms with van der Waals surface area (Å²) in [4.78, 5) is 12.4. The maximum absolute atomic E-state index is 11.0. The Morgan fingerprint density at radius 1 is 1.50 bits per heavy atom. The highest BCUT2D eigenvalue weighted by molar-refractivity contribution is 5.87. The number of allylic oxidation sites excluding steroid dienone is 1. The van der Waals surface area contributed by atoms with Crippen molar-refractivity contribution in [2.24, 2.45) is 0 Å². The van der Waals surface area contributed by atoms with Crippen LogP contribution in [0.3, 0.4) is 0 Å². The fraction of sp³-hybridized carbons (Fsp3) is 0.667. The molecule has 0 heterocycles. The lowest BCUT2D eigenvalue weighted by molar-refractivity contribution is -0.123. The van der Waals surface area contributed by atoms with Crippen LogP contribution in [-0.4, -0.2) is 30.0 Å². The molecular weight excluding hydrogens is 154 g/mol. The van der Waals surface area contributed by atoms with Crippen molar-refractivity contribution in [1.82, 2.24) is 4.90 Å². The van der Waals surface area contributed by atoms with Gasteiger partial charge in [-0.05, 0) is 6.42 Å². The molecule has 3 heteroatoms. The number of carbonyl (C=O) groups is 1. The van der Waals surface area contributed by atoms with Crippen molar-refractivity contribution in [2.45, 2.75) is 26.2 Å². The first-order valence-electron chi connectivity index (χ1n) is 4.18. The molecule has 0 radical (unpaired) electrons. The number of nitrogens with zero attached hydrogens (tertiary/aromatic N) is 1. The van der Waals surface area contributed by atoms with Gasteiger partial charge in [0.2, 0.25) is 5.91 Å². The van der Waals surface area contributed by atoms with E-state index < -0.39 is 0 Å². The van der Waals surface area contributed by atoms with Crippen LogP contribution in [0.25, 0.3) is 0 Å². The van der Waals surface area contributed by atoms with Gasteiger partial charge in [-0.15, -0.1) is 0 Å². The van der Waals surface area contributed by atoms with Crippen molar-refractivity contribution in [1.29, 1.82) is 0 Å². The predicted octanol–water partition coefficient (Wildman–Crippen LogP) is 1.71. The fourth-order valence-electron chi connectivity index (χ4n) is 0.702. The van der Waals surface area contributed by atoms with Gasteiger partial charge >= 0.3 is 0 Å². The van der Waals surface area contributed by atoms with Crippen molar-refractivity contribution in [2.75, 3.05) is 14.1 Å². The molecule has 0 aliphatic carbocycles. The number of aliphatic hydroxyl groups excluding tert-OH is 1. The summed E-state index contributed by atoms with van der Waals surface area (Å²) in [5, 5.41) is 9.21. The van der Waals surface area contributed by atoms with Crippen LogP contribution in [0.2, 0.25) is 0 Å². The summed E-state index contributed by atoms with van der Waals surface area (Å²) >= 11 is 0. The lowest BCUT2D eigenvalue weighted by Gasteiger charge is -2.06. The number of likely N-dealkylation sites (N-methyl/N-ethyl adjacent to an activating group) is 1. The summed E-state index contributed by atoms with van der Waals surface area (Å²) in [6.45, 7) is 2.04. The van der Waals surface area contributed by atoms with Crippen molar-refractivity contribution < 1.29 is 9.90 Å². The molecular formula is C9H17NO2. The van der Waals surface area contributed by atoms with E-state index >= 15 is 0 Å². The number of aliphatic hydroxyl groups is 1. The van der Waals surface area contributed by atoms with Crippen LogP contribution in [0.15, 0.2) is 11.8 Å². The molecule has 1 N–H and O–H groups in total. The molecule has 0 saturated carbocycles. The van der Waals surface area contributed by atoms with E-state index in [1.54, 1.807) is 14.1 Å². The van der Waals surface area contributed by atoms with Crippen molar-refractivity contribution in [3.05, 3.63) is 11.8 Å². The third-order valence-electron chi connectivity index (χ3n) is 1.52. The molecule has 0 rings (SSSR count). The highest BCUT2D eigenvalue weighted by Gasteiger charge is 2.01. The maximum Gasteiger partial charge on any atom is 0.249 e. The Morgan fingerprint density at radius 2 is 2.08 bits per heavy atom. The third kappa shape index (κ3) is 4.77. The second kappa shape index (κ2) is 5.63. The van der Waals surface area contributed by atoms with E-state index in [0.29, 0.717) is 6.42 Å². The molecule has 0 aromatic carbocycles. The smallest absolute Gasteiger partial charge is 0.249 e. The molecule has 3 nitrogen and oxygen atoms in total. The summed E-state index contributed by atoms with van der Waals surface area (Å²) in [6, 6.07) is 0. The largest absolute Gasteiger partial charge is 0.512 e. The van der Waals surface area contributed by atoms with Gasteiger partial charge in [0.1, 0.15) is 0 Å². The Balaban J connectivity index is 3.89. The highest BCUT2D eigenvalue weighted by atomic mass is 16.3. The first kappa shape index (κ1) is 11.0. The first-order chi connectivity index (χ1) is 5.57. The van der Waals surface area contributed by atoms with Crippen LogP contribution in [-0.2, 0) is 4.79 Å². The molecule has 70 valence electrons. The van der Waals surface area contributed by atoms with Crippen LogP contribution >= 0.6 is 0 Å². The SMILES string of the molecule is CCCC/C(O)=C/C(=O)N(C)C. The van der Waals surface area contributed by atoms with E-state index in [1.165, 1.54) is 11.0 Å². The summed E-state index contributed by atoms with van der Waals surface area (Å²) in [5.74, 6) is 0.0131. The second-order valence-electron chi connectivity index (χ2n) is 2.97. The fourth-order valence-corrected chi connectivity index (χ4v) is 0.702. The second-order valence-corrected chi connectivity index (χ2v) is 2.97. The number of amides is 1. The Bertz CT molecular complexity index is 173. The number of unbranched alkanes of at least 4 members (excludes halogenated alkanes) is 1. The summed E-state index contributed by atoms with van der Waals surface area (Å²) in [6.07, 6.45) is 3.81. The van der Waals surface area contributed by atoms with Crippen LogP contribution in [0.4, 0.5) is 0 Å². The number of hydrogen-bond acceptors (Lipinski definition) is 2. The molecule has 12 heavy (non-hydrogen) atoms. The van der Waals surface area contributed by atoms with Gasteiger partial charge in [0, 0.05) is 26.6 Å². The zero-order valence-electron chi connectivity index (χ0n) is 8.00. The van der Waals surface area contributed by atoms with Crippen LogP contribution in [0.1, 0.15) is 26.2 Å². The highest BCUT2D eigenvalue weighted by Crippen LogP contribution is 2.03. The molecule has 0 atom stereocenters. The number of carbonyl (C=O) groups excluding carboxylic acids is 1. The molecule has 0 aromatic rings. The molecule has 0 bridgehead atoms. The number of rotatable bonds is 4. The van der Waals surface area contributed by atoms with Gasteiger partial charge in [0.05, 0.1) is 5.76 Å². The van der Waals surface area contributed by atoms with Gasteiger partial charge in [-0.3, -0.25) is 4.79 Å². The Labute approximate surface area is 73.7 Å². The normalized spacial score (nSPS) is 11.4. The molecule has 0 saturated heterocycles. The molecule has 0 aliphatic rings. The van der Waals surface area contributed by atoms with E-state index in [4.69, 9.17) is 0 Å². The van der Waals surface area contributed by atoms with Crippen molar-refractivity contribution in [3.8, 4) is 0 Å². The van der Waals surface area contributed by atoms with E-state index in [0.717, 1.165) is 12.8 Å². The molecule has 0 unspecified atom stereocenters. The average Bonchev–Trinajstić information content (AvgIpc) is 2.00. The van der Waals surface area contributed by atoms with Crippen molar-refractivity contribution >= 4 is 5.91 Å². The summed E-state index contributed by atoms with van der Waals surface area (Å²) < 4.78 is 0. The molecule has 0 spiro atoms. The third-order valence-corrected chi connectivity index (χ3v) is 1.52. The minimum atomic E-state index is -0.163. The lowest BCUT2D eigenvalue weighted by atomic mass is 10.2. The lowest BCUT2D eigenvalue weighted by Crippen LogP contribution is -2.19. The predicted molar refractivity (Wildman–Crippen MR) is 48.9 cm³/mol. The zero-order chi connectivity index (χ0) is 9.56. The minimum Gasteiger partial charge on any atom is -0.512 e. The van der Waals surface area contributed by atoms with E-state index in [1.807, 2.05) is 6.92 Å². The Kier molecular flexibility index (Phi) is 5.17. The zero-order valence-corrected chi connectivity index (χ0v) is 8.00. The topological polar surface area (TPSA) is 40.5 Å². The number of hydrogen-bond donors (Lipinski definition) is 1.